The van der Waals surface area contributed by atoms with Gasteiger partial charge in [0.05, 0.1) is 12.2 Å². The van der Waals surface area contributed by atoms with Crippen LogP contribution in [0.4, 0.5) is 5.82 Å². The molecule has 0 aliphatic rings. The Morgan fingerprint density at radius 1 is 1.11 bits per heavy atom. The van der Waals surface area contributed by atoms with Crippen molar-refractivity contribution in [2.75, 3.05) is 5.73 Å². The standard InChI is InChI=1S/C16H17N3/c1-11-10-18-19(16(11)17)12(2)14-9-5-7-13-6-3-4-8-15(13)14/h3-10,12H,17H2,1-2H3. The molecule has 1 heterocycles. The van der Waals surface area contributed by atoms with Gasteiger partial charge in [-0.25, -0.2) is 4.68 Å². The number of benzene rings is 2. The van der Waals surface area contributed by atoms with E-state index in [4.69, 9.17) is 5.73 Å². The number of nitrogens with two attached hydrogens (primary N) is 1. The zero-order valence-corrected chi connectivity index (χ0v) is 11.2. The van der Waals surface area contributed by atoms with Crippen molar-refractivity contribution in [2.45, 2.75) is 19.9 Å². The van der Waals surface area contributed by atoms with Gasteiger partial charge in [0.2, 0.25) is 0 Å². The number of anilines is 1. The van der Waals surface area contributed by atoms with E-state index in [9.17, 15) is 0 Å². The maximum Gasteiger partial charge on any atom is 0.125 e. The van der Waals surface area contributed by atoms with Crippen molar-refractivity contribution >= 4 is 16.6 Å². The van der Waals surface area contributed by atoms with E-state index in [1.165, 1.54) is 16.3 Å². The summed E-state index contributed by atoms with van der Waals surface area (Å²) in [6.45, 7) is 4.11. The van der Waals surface area contributed by atoms with Crippen LogP contribution in [0.1, 0.15) is 24.1 Å². The molecule has 1 unspecified atom stereocenters. The highest BCUT2D eigenvalue weighted by atomic mass is 15.3. The molecular formula is C16H17N3. The molecular weight excluding hydrogens is 234 g/mol. The lowest BCUT2D eigenvalue weighted by molar-refractivity contribution is 0.576. The quantitative estimate of drug-likeness (QED) is 0.757. The van der Waals surface area contributed by atoms with Crippen LogP contribution in [0.25, 0.3) is 10.8 Å². The maximum atomic E-state index is 6.09. The minimum absolute atomic E-state index is 0.125. The molecule has 96 valence electrons. The number of aromatic nitrogens is 2. The monoisotopic (exact) mass is 251 g/mol. The maximum absolute atomic E-state index is 6.09. The third kappa shape index (κ3) is 1.87. The van der Waals surface area contributed by atoms with Crippen LogP contribution < -0.4 is 5.73 Å². The summed E-state index contributed by atoms with van der Waals surface area (Å²) in [6.07, 6.45) is 1.82. The molecule has 3 nitrogen and oxygen atoms in total. The molecule has 0 saturated heterocycles. The number of aryl methyl sites for hydroxylation is 1. The van der Waals surface area contributed by atoms with Crippen molar-refractivity contribution < 1.29 is 0 Å². The zero-order chi connectivity index (χ0) is 13.4. The van der Waals surface area contributed by atoms with Crippen LogP contribution in [0.3, 0.4) is 0 Å². The van der Waals surface area contributed by atoms with Crippen LogP contribution in [-0.4, -0.2) is 9.78 Å². The summed E-state index contributed by atoms with van der Waals surface area (Å²) in [5.74, 6) is 0.737. The van der Waals surface area contributed by atoms with E-state index in [-0.39, 0.29) is 6.04 Å². The molecule has 2 N–H and O–H groups in total. The Morgan fingerprint density at radius 2 is 1.84 bits per heavy atom. The molecule has 1 atom stereocenters. The van der Waals surface area contributed by atoms with E-state index in [0.29, 0.717) is 0 Å². The summed E-state index contributed by atoms with van der Waals surface area (Å²) in [5.41, 5.74) is 8.35. The molecule has 3 rings (SSSR count). The minimum atomic E-state index is 0.125. The average molecular weight is 251 g/mol. The summed E-state index contributed by atoms with van der Waals surface area (Å²) >= 11 is 0. The van der Waals surface area contributed by atoms with Crippen LogP contribution in [0.2, 0.25) is 0 Å². The van der Waals surface area contributed by atoms with Crippen molar-refractivity contribution in [3.05, 3.63) is 59.8 Å². The second kappa shape index (κ2) is 4.43. The fourth-order valence-corrected chi connectivity index (χ4v) is 2.51. The lowest BCUT2D eigenvalue weighted by Gasteiger charge is -2.17. The molecule has 19 heavy (non-hydrogen) atoms. The Labute approximate surface area is 112 Å². The number of hydrogen-bond donors (Lipinski definition) is 1. The van der Waals surface area contributed by atoms with Gasteiger partial charge in [-0.1, -0.05) is 42.5 Å². The summed E-state index contributed by atoms with van der Waals surface area (Å²) in [5, 5.41) is 6.89. The predicted molar refractivity (Wildman–Crippen MR) is 79.1 cm³/mol. The summed E-state index contributed by atoms with van der Waals surface area (Å²) in [4.78, 5) is 0. The second-order valence-corrected chi connectivity index (χ2v) is 4.90. The van der Waals surface area contributed by atoms with Crippen LogP contribution in [0, 0.1) is 6.92 Å². The average Bonchev–Trinajstić information content (AvgIpc) is 2.78. The molecule has 3 heteroatoms. The molecule has 0 spiro atoms. The molecule has 0 fully saturated rings. The number of hydrogen-bond acceptors (Lipinski definition) is 2. The molecule has 1 aromatic heterocycles. The van der Waals surface area contributed by atoms with Crippen molar-refractivity contribution in [3.63, 3.8) is 0 Å². The molecule has 0 saturated carbocycles. The first-order valence-electron chi connectivity index (χ1n) is 6.45. The first-order valence-corrected chi connectivity index (χ1v) is 6.45. The van der Waals surface area contributed by atoms with E-state index in [1.54, 1.807) is 0 Å². The van der Waals surface area contributed by atoms with Gasteiger partial charge in [-0.2, -0.15) is 5.10 Å². The summed E-state index contributed by atoms with van der Waals surface area (Å²) in [6, 6.07) is 14.9. The van der Waals surface area contributed by atoms with Gasteiger partial charge in [-0.05, 0) is 30.2 Å². The summed E-state index contributed by atoms with van der Waals surface area (Å²) in [7, 11) is 0. The fourth-order valence-electron chi connectivity index (χ4n) is 2.51. The highest BCUT2D eigenvalue weighted by Crippen LogP contribution is 2.28. The van der Waals surface area contributed by atoms with Gasteiger partial charge in [-0.3, -0.25) is 0 Å². The number of rotatable bonds is 2. The SMILES string of the molecule is Cc1cnn(C(C)c2cccc3ccccc23)c1N. The number of nitrogens with zero attached hydrogens (tertiary/aromatic N) is 2. The molecule has 0 amide bonds. The number of nitrogen functional groups attached to an aromatic ring is 1. The zero-order valence-electron chi connectivity index (χ0n) is 11.2. The van der Waals surface area contributed by atoms with E-state index in [0.717, 1.165) is 11.4 Å². The second-order valence-electron chi connectivity index (χ2n) is 4.90. The van der Waals surface area contributed by atoms with Gasteiger partial charge in [0.15, 0.2) is 0 Å². The third-order valence-corrected chi connectivity index (χ3v) is 3.67. The lowest BCUT2D eigenvalue weighted by atomic mass is 10.00. The Kier molecular flexibility index (Phi) is 2.75. The smallest absolute Gasteiger partial charge is 0.125 e. The lowest BCUT2D eigenvalue weighted by Crippen LogP contribution is -2.12. The number of fused-ring (bicyclic) bond motifs is 1. The van der Waals surface area contributed by atoms with Crippen molar-refractivity contribution in [3.8, 4) is 0 Å². The fraction of sp³-hybridized carbons (Fsp3) is 0.188. The van der Waals surface area contributed by atoms with E-state index in [1.807, 2.05) is 17.8 Å². The minimum Gasteiger partial charge on any atom is -0.384 e. The van der Waals surface area contributed by atoms with Crippen molar-refractivity contribution in [1.82, 2.24) is 9.78 Å². The highest BCUT2D eigenvalue weighted by Gasteiger charge is 2.14. The normalized spacial score (nSPS) is 12.7. The molecule has 0 radical (unpaired) electrons. The first kappa shape index (κ1) is 11.8. The summed E-state index contributed by atoms with van der Waals surface area (Å²) < 4.78 is 1.89. The van der Waals surface area contributed by atoms with Gasteiger partial charge < -0.3 is 5.73 Å². The largest absolute Gasteiger partial charge is 0.384 e. The first-order chi connectivity index (χ1) is 9.18. The molecule has 0 aliphatic heterocycles. The van der Waals surface area contributed by atoms with Crippen LogP contribution in [0.15, 0.2) is 48.7 Å². The predicted octanol–water partition coefficient (Wildman–Crippen LogP) is 3.54. The third-order valence-electron chi connectivity index (χ3n) is 3.67. The Morgan fingerprint density at radius 3 is 2.58 bits per heavy atom. The molecule has 0 bridgehead atoms. The van der Waals surface area contributed by atoms with Gasteiger partial charge >= 0.3 is 0 Å². The van der Waals surface area contributed by atoms with Gasteiger partial charge in [0, 0.05) is 5.56 Å². The Hall–Kier alpha value is -2.29. The van der Waals surface area contributed by atoms with Gasteiger partial charge in [0.1, 0.15) is 5.82 Å². The van der Waals surface area contributed by atoms with Crippen LogP contribution in [0.5, 0.6) is 0 Å². The van der Waals surface area contributed by atoms with Crippen LogP contribution >= 0.6 is 0 Å². The topological polar surface area (TPSA) is 43.8 Å². The van der Waals surface area contributed by atoms with Crippen molar-refractivity contribution in [1.29, 1.82) is 0 Å². The molecule has 0 aliphatic carbocycles. The molecule has 3 aromatic rings. The van der Waals surface area contributed by atoms with Crippen molar-refractivity contribution in [2.24, 2.45) is 0 Å². The van der Waals surface area contributed by atoms with E-state index < -0.39 is 0 Å². The van der Waals surface area contributed by atoms with Crippen LogP contribution in [-0.2, 0) is 0 Å². The Balaban J connectivity index is 2.17. The van der Waals surface area contributed by atoms with Gasteiger partial charge in [0.25, 0.3) is 0 Å². The van der Waals surface area contributed by atoms with E-state index in [2.05, 4.69) is 54.5 Å². The van der Waals surface area contributed by atoms with Gasteiger partial charge in [-0.15, -0.1) is 0 Å². The molecule has 2 aromatic carbocycles. The Bertz CT molecular complexity index is 722. The highest BCUT2D eigenvalue weighted by molar-refractivity contribution is 5.86. The van der Waals surface area contributed by atoms with E-state index >= 15 is 0 Å².